The molecular weight excluding hydrogens is 541 g/mol. The summed E-state index contributed by atoms with van der Waals surface area (Å²) in [5, 5.41) is 7.66. The van der Waals surface area contributed by atoms with Crippen molar-refractivity contribution in [3.05, 3.63) is 78.4 Å². The van der Waals surface area contributed by atoms with Crippen LogP contribution in [-0.2, 0) is 17.8 Å². The number of ether oxygens (including phenoxy) is 1. The maximum atomic E-state index is 6.16. The van der Waals surface area contributed by atoms with Gasteiger partial charge in [-0.25, -0.2) is 14.7 Å². The van der Waals surface area contributed by atoms with Crippen LogP contribution in [-0.4, -0.2) is 75.5 Å². The van der Waals surface area contributed by atoms with Crippen molar-refractivity contribution in [1.82, 2.24) is 29.9 Å². The maximum Gasteiger partial charge on any atom is 0.194 e. The highest BCUT2D eigenvalue weighted by Crippen LogP contribution is 2.25. The fourth-order valence-electron chi connectivity index (χ4n) is 4.63. The highest BCUT2D eigenvalue weighted by Gasteiger charge is 2.41. The Labute approximate surface area is 218 Å². The van der Waals surface area contributed by atoms with Gasteiger partial charge in [-0.3, -0.25) is 4.90 Å². The van der Waals surface area contributed by atoms with E-state index in [1.165, 1.54) is 5.56 Å². The monoisotopic (exact) mass is 573 g/mol. The zero-order valence-electron chi connectivity index (χ0n) is 19.5. The number of fused-ring (bicyclic) bond motifs is 1. The van der Waals surface area contributed by atoms with E-state index in [9.17, 15) is 0 Å². The van der Waals surface area contributed by atoms with Crippen molar-refractivity contribution >= 4 is 29.9 Å². The van der Waals surface area contributed by atoms with Gasteiger partial charge in [0.15, 0.2) is 5.96 Å². The van der Waals surface area contributed by atoms with Gasteiger partial charge in [0.2, 0.25) is 0 Å². The quantitative estimate of drug-likeness (QED) is 0.278. The highest BCUT2D eigenvalue weighted by atomic mass is 127. The largest absolute Gasteiger partial charge is 0.373 e. The lowest BCUT2D eigenvalue weighted by molar-refractivity contribution is -0.0502. The van der Waals surface area contributed by atoms with E-state index in [-0.39, 0.29) is 30.1 Å². The fourth-order valence-corrected chi connectivity index (χ4v) is 4.63. The smallest absolute Gasteiger partial charge is 0.194 e. The van der Waals surface area contributed by atoms with Gasteiger partial charge in [0.1, 0.15) is 12.7 Å². The molecule has 1 aromatic heterocycles. The van der Waals surface area contributed by atoms with Crippen LogP contribution in [0.25, 0.3) is 5.69 Å². The Hall–Kier alpha value is -2.50. The van der Waals surface area contributed by atoms with Crippen molar-refractivity contribution in [2.24, 2.45) is 4.99 Å². The van der Waals surface area contributed by atoms with E-state index in [2.05, 4.69) is 74.6 Å². The summed E-state index contributed by atoms with van der Waals surface area (Å²) in [5.41, 5.74) is 3.51. The molecule has 0 amide bonds. The number of benzene rings is 2. The average molecular weight is 573 g/mol. The number of nitrogens with one attached hydrogen (secondary N) is 1. The predicted octanol–water partition coefficient (Wildman–Crippen LogP) is 2.94. The topological polar surface area (TPSA) is 70.8 Å². The lowest BCUT2D eigenvalue weighted by Crippen LogP contribution is -2.50. The first kappa shape index (κ1) is 24.6. The molecule has 0 radical (unpaired) electrons. The molecule has 0 saturated carbocycles. The van der Waals surface area contributed by atoms with E-state index in [4.69, 9.17) is 9.73 Å². The molecule has 3 heterocycles. The molecule has 0 spiro atoms. The van der Waals surface area contributed by atoms with E-state index in [0.717, 1.165) is 56.5 Å². The summed E-state index contributed by atoms with van der Waals surface area (Å²) >= 11 is 0. The van der Waals surface area contributed by atoms with Crippen molar-refractivity contribution in [2.75, 3.05) is 32.8 Å². The normalized spacial score (nSPS) is 20.6. The minimum atomic E-state index is 0. The van der Waals surface area contributed by atoms with Gasteiger partial charge < -0.3 is 15.0 Å². The van der Waals surface area contributed by atoms with Gasteiger partial charge >= 0.3 is 0 Å². The van der Waals surface area contributed by atoms with Crippen LogP contribution in [0.4, 0.5) is 0 Å². The summed E-state index contributed by atoms with van der Waals surface area (Å²) in [6.07, 6.45) is 3.46. The summed E-state index contributed by atoms with van der Waals surface area (Å²) in [6.45, 7) is 8.09. The van der Waals surface area contributed by atoms with Crippen molar-refractivity contribution in [2.45, 2.75) is 32.2 Å². The third-order valence-corrected chi connectivity index (χ3v) is 6.31. The number of rotatable bonds is 6. The van der Waals surface area contributed by atoms with E-state index in [1.54, 1.807) is 17.3 Å². The number of hydrogen-bond donors (Lipinski definition) is 1. The molecule has 5 rings (SSSR count). The second-order valence-electron chi connectivity index (χ2n) is 8.51. The molecule has 34 heavy (non-hydrogen) atoms. The number of guanidine groups is 1. The molecule has 9 heteroatoms. The summed E-state index contributed by atoms with van der Waals surface area (Å²) < 4.78 is 7.91. The average Bonchev–Trinajstić information content (AvgIpc) is 3.54. The van der Waals surface area contributed by atoms with Crippen LogP contribution in [0, 0.1) is 0 Å². The summed E-state index contributed by atoms with van der Waals surface area (Å²) in [4.78, 5) is 13.9. The van der Waals surface area contributed by atoms with Gasteiger partial charge in [0.05, 0.1) is 31.0 Å². The Balaban J connectivity index is 0.00000274. The molecule has 2 aliphatic heterocycles. The zero-order valence-corrected chi connectivity index (χ0v) is 21.8. The van der Waals surface area contributed by atoms with Gasteiger partial charge in [-0.2, -0.15) is 5.10 Å². The van der Waals surface area contributed by atoms with Crippen LogP contribution in [0.5, 0.6) is 0 Å². The molecule has 2 aromatic carbocycles. The lowest BCUT2D eigenvalue weighted by Gasteiger charge is -2.36. The van der Waals surface area contributed by atoms with E-state index >= 15 is 0 Å². The molecule has 2 fully saturated rings. The third-order valence-electron chi connectivity index (χ3n) is 6.31. The van der Waals surface area contributed by atoms with Crippen LogP contribution in [0.1, 0.15) is 18.1 Å². The van der Waals surface area contributed by atoms with Gasteiger partial charge in [0, 0.05) is 32.7 Å². The number of halogens is 1. The van der Waals surface area contributed by atoms with Crippen LogP contribution in [0.3, 0.4) is 0 Å². The third kappa shape index (κ3) is 5.76. The van der Waals surface area contributed by atoms with Gasteiger partial charge in [-0.1, -0.05) is 42.5 Å². The number of hydrogen-bond acceptors (Lipinski definition) is 5. The van der Waals surface area contributed by atoms with Crippen LogP contribution >= 0.6 is 24.0 Å². The second-order valence-corrected chi connectivity index (χ2v) is 8.51. The summed E-state index contributed by atoms with van der Waals surface area (Å²) in [6, 6.07) is 19.4. The van der Waals surface area contributed by atoms with E-state index < -0.39 is 0 Å². The Morgan fingerprint density at radius 3 is 2.65 bits per heavy atom. The van der Waals surface area contributed by atoms with E-state index in [0.29, 0.717) is 12.6 Å². The molecular formula is C25H32IN7O. The number of nitrogens with zero attached hydrogens (tertiary/aromatic N) is 6. The van der Waals surface area contributed by atoms with E-state index in [1.807, 2.05) is 12.1 Å². The van der Waals surface area contributed by atoms with Gasteiger partial charge in [0.25, 0.3) is 0 Å². The Bertz CT molecular complexity index is 1040. The van der Waals surface area contributed by atoms with Gasteiger partial charge in [-0.05, 0) is 30.2 Å². The molecule has 180 valence electrons. The molecule has 0 aliphatic carbocycles. The minimum absolute atomic E-state index is 0. The SMILES string of the molecule is CCNC(=NCc1ccc(-n2cncn2)cc1)N1CC2OCCN(Cc3ccccc3)C2C1.I. The number of morpholine rings is 1. The molecule has 0 bridgehead atoms. The summed E-state index contributed by atoms with van der Waals surface area (Å²) in [5.74, 6) is 0.954. The molecule has 2 atom stereocenters. The first-order valence-corrected chi connectivity index (χ1v) is 11.7. The standard InChI is InChI=1S/C25H31N7O.HI/c1-2-27-25(28-14-20-8-10-22(11-9-20)32-19-26-18-29-32)31-16-23-24(17-31)33-13-12-30(23)15-21-6-4-3-5-7-21;/h3-11,18-19,23-24H,2,12-17H2,1H3,(H,27,28);1H. The van der Waals surface area contributed by atoms with Gasteiger partial charge in [-0.15, -0.1) is 24.0 Å². The molecule has 1 N–H and O–H groups in total. The zero-order chi connectivity index (χ0) is 22.5. The highest BCUT2D eigenvalue weighted by molar-refractivity contribution is 14.0. The predicted molar refractivity (Wildman–Crippen MR) is 144 cm³/mol. The molecule has 2 saturated heterocycles. The molecule has 2 aliphatic rings. The first-order chi connectivity index (χ1) is 16.3. The second kappa shape index (κ2) is 11.8. The number of aromatic nitrogens is 3. The Morgan fingerprint density at radius 1 is 1.09 bits per heavy atom. The van der Waals surface area contributed by atoms with Crippen LogP contribution in [0.2, 0.25) is 0 Å². The number of likely N-dealkylation sites (tertiary alicyclic amines) is 1. The van der Waals surface area contributed by atoms with Crippen molar-refractivity contribution in [1.29, 1.82) is 0 Å². The van der Waals surface area contributed by atoms with Crippen LogP contribution < -0.4 is 5.32 Å². The Morgan fingerprint density at radius 2 is 1.91 bits per heavy atom. The first-order valence-electron chi connectivity index (χ1n) is 11.7. The molecule has 3 aromatic rings. The van der Waals surface area contributed by atoms with Crippen molar-refractivity contribution in [3.8, 4) is 5.69 Å². The Kier molecular flexibility index (Phi) is 8.52. The summed E-state index contributed by atoms with van der Waals surface area (Å²) in [7, 11) is 0. The number of aliphatic imine (C=N–C) groups is 1. The molecule has 2 unspecified atom stereocenters. The van der Waals surface area contributed by atoms with Crippen LogP contribution in [0.15, 0.2) is 72.2 Å². The minimum Gasteiger partial charge on any atom is -0.373 e. The lowest BCUT2D eigenvalue weighted by atomic mass is 10.1. The van der Waals surface area contributed by atoms with Crippen molar-refractivity contribution in [3.63, 3.8) is 0 Å². The maximum absolute atomic E-state index is 6.16. The molecule has 8 nitrogen and oxygen atoms in total. The fraction of sp³-hybridized carbons (Fsp3) is 0.400. The van der Waals surface area contributed by atoms with Crippen molar-refractivity contribution < 1.29 is 4.74 Å².